The molecule has 1 saturated carbocycles. The van der Waals surface area contributed by atoms with Crippen molar-refractivity contribution in [1.82, 2.24) is 20.2 Å². The highest BCUT2D eigenvalue weighted by Crippen LogP contribution is 2.43. The fourth-order valence-electron chi connectivity index (χ4n) is 4.91. The summed E-state index contributed by atoms with van der Waals surface area (Å²) in [5.41, 5.74) is 9.00. The maximum Gasteiger partial charge on any atom is 0.130 e. The van der Waals surface area contributed by atoms with Crippen LogP contribution >= 0.6 is 0 Å². The van der Waals surface area contributed by atoms with E-state index in [4.69, 9.17) is 15.5 Å². The molecule has 1 aliphatic carbocycles. The van der Waals surface area contributed by atoms with Crippen LogP contribution in [0.2, 0.25) is 0 Å². The van der Waals surface area contributed by atoms with Crippen molar-refractivity contribution in [2.45, 2.75) is 50.1 Å². The number of nitrogens with one attached hydrogen (secondary N) is 1. The quantitative estimate of drug-likeness (QED) is 0.673. The maximum atomic E-state index is 10.4. The average molecular weight is 418 g/mol. The molecule has 1 saturated heterocycles. The Bertz CT molecular complexity index is 1110. The van der Waals surface area contributed by atoms with Gasteiger partial charge in [-0.2, -0.15) is 10.4 Å². The molecule has 0 amide bonds. The van der Waals surface area contributed by atoms with E-state index in [1.807, 2.05) is 12.1 Å². The van der Waals surface area contributed by atoms with Crippen molar-refractivity contribution in [2.24, 2.45) is 5.73 Å². The predicted molar refractivity (Wildman–Crippen MR) is 118 cm³/mol. The number of hydrogen-bond acceptors (Lipinski definition) is 7. The summed E-state index contributed by atoms with van der Waals surface area (Å²) in [5, 5.41) is 18.5. The maximum absolute atomic E-state index is 10.4. The molecular formula is C23H27N7O. The van der Waals surface area contributed by atoms with Crippen LogP contribution in [-0.4, -0.2) is 52.0 Å². The first-order chi connectivity index (χ1) is 15.1. The second-order valence-electron chi connectivity index (χ2n) is 8.70. The van der Waals surface area contributed by atoms with Gasteiger partial charge in [-0.1, -0.05) is 0 Å². The van der Waals surface area contributed by atoms with Crippen molar-refractivity contribution in [1.29, 1.82) is 5.26 Å². The van der Waals surface area contributed by atoms with Crippen LogP contribution in [0, 0.1) is 11.3 Å². The molecule has 5 rings (SSSR count). The number of rotatable bonds is 3. The third-order valence-electron chi connectivity index (χ3n) is 6.75. The van der Waals surface area contributed by atoms with E-state index in [1.54, 1.807) is 12.4 Å². The lowest BCUT2D eigenvalue weighted by Gasteiger charge is -2.37. The van der Waals surface area contributed by atoms with E-state index in [0.29, 0.717) is 13.2 Å². The Balaban J connectivity index is 1.75. The Morgan fingerprint density at radius 3 is 2.84 bits per heavy atom. The molecule has 1 atom stereocenters. The zero-order valence-electron chi connectivity index (χ0n) is 17.7. The molecule has 0 bridgehead atoms. The highest BCUT2D eigenvalue weighted by molar-refractivity contribution is 5.94. The monoisotopic (exact) mass is 417 g/mol. The molecular weight excluding hydrogens is 390 g/mol. The van der Waals surface area contributed by atoms with Gasteiger partial charge in [-0.05, 0) is 56.4 Å². The van der Waals surface area contributed by atoms with Crippen LogP contribution in [0.25, 0.3) is 22.3 Å². The minimum absolute atomic E-state index is 0.163. The fraction of sp³-hybridized carbons (Fsp3) is 0.478. The fourth-order valence-corrected chi connectivity index (χ4v) is 4.91. The summed E-state index contributed by atoms with van der Waals surface area (Å²) >= 11 is 0. The first kappa shape index (κ1) is 19.9. The molecule has 2 aliphatic rings. The normalized spacial score (nSPS) is 26.7. The van der Waals surface area contributed by atoms with Gasteiger partial charge in [0, 0.05) is 30.4 Å². The summed E-state index contributed by atoms with van der Waals surface area (Å²) in [5.74, 6) is 0.872. The van der Waals surface area contributed by atoms with Gasteiger partial charge in [0.2, 0.25) is 0 Å². The van der Waals surface area contributed by atoms with Crippen LogP contribution in [0.1, 0.15) is 38.2 Å². The predicted octanol–water partition coefficient (Wildman–Crippen LogP) is 2.91. The van der Waals surface area contributed by atoms with Crippen LogP contribution in [0.3, 0.4) is 0 Å². The van der Waals surface area contributed by atoms with E-state index < -0.39 is 5.41 Å². The number of fused-ring (bicyclic) bond motifs is 1. The largest absolute Gasteiger partial charge is 0.377 e. The molecule has 8 nitrogen and oxygen atoms in total. The lowest BCUT2D eigenvalue weighted by molar-refractivity contribution is 0.0985. The molecule has 0 aromatic carbocycles. The molecule has 3 N–H and O–H groups in total. The number of nitrogens with two attached hydrogens (primary N) is 1. The van der Waals surface area contributed by atoms with Crippen molar-refractivity contribution in [2.75, 3.05) is 24.7 Å². The second kappa shape index (κ2) is 7.91. The molecule has 0 radical (unpaired) electrons. The van der Waals surface area contributed by atoms with Crippen LogP contribution < -0.4 is 10.6 Å². The van der Waals surface area contributed by atoms with E-state index in [-0.39, 0.29) is 12.1 Å². The molecule has 4 heterocycles. The van der Waals surface area contributed by atoms with Gasteiger partial charge in [0.05, 0.1) is 36.4 Å². The van der Waals surface area contributed by atoms with Gasteiger partial charge >= 0.3 is 0 Å². The highest BCUT2D eigenvalue weighted by Gasteiger charge is 2.39. The molecule has 3 aromatic heterocycles. The zero-order chi connectivity index (χ0) is 21.4. The minimum atomic E-state index is -0.575. The molecule has 8 heteroatoms. The molecule has 1 aliphatic heterocycles. The van der Waals surface area contributed by atoms with Gasteiger partial charge in [-0.25, -0.2) is 4.98 Å². The summed E-state index contributed by atoms with van der Waals surface area (Å²) < 4.78 is 5.64. The van der Waals surface area contributed by atoms with Crippen molar-refractivity contribution in [3.8, 4) is 17.5 Å². The Kier molecular flexibility index (Phi) is 5.08. The topological polar surface area (TPSA) is 117 Å². The molecule has 0 unspecified atom stereocenters. The van der Waals surface area contributed by atoms with Crippen LogP contribution in [0.15, 0.2) is 30.6 Å². The van der Waals surface area contributed by atoms with Gasteiger partial charge in [0.1, 0.15) is 17.0 Å². The number of ether oxygens (including phenoxy) is 1. The standard InChI is InChI=1S/C23H27N7O/c1-15-13-31-11-10-30(15)20-12-18(23(14-24)6-2-16(25)3-7-23)17-4-8-26-22(21(17)28-20)19-5-9-27-29-19/h4-5,8-9,12,15-16H,2-3,6-7,10-11,13,25H2,1H3,(H,27,29)/t15-,16?,23?/m1/s1. The molecule has 31 heavy (non-hydrogen) atoms. The number of nitrogens with zero attached hydrogens (tertiary/aromatic N) is 5. The zero-order valence-corrected chi connectivity index (χ0v) is 17.7. The van der Waals surface area contributed by atoms with Gasteiger partial charge in [-0.15, -0.1) is 0 Å². The third-order valence-corrected chi connectivity index (χ3v) is 6.75. The summed E-state index contributed by atoms with van der Waals surface area (Å²) in [7, 11) is 0. The van der Waals surface area contributed by atoms with Gasteiger partial charge in [-0.3, -0.25) is 10.1 Å². The van der Waals surface area contributed by atoms with Crippen LogP contribution in [0.4, 0.5) is 5.82 Å². The van der Waals surface area contributed by atoms with Gasteiger partial charge in [0.25, 0.3) is 0 Å². The first-order valence-electron chi connectivity index (χ1n) is 10.9. The Hall–Kier alpha value is -3.02. The second-order valence-corrected chi connectivity index (χ2v) is 8.70. The van der Waals surface area contributed by atoms with Gasteiger partial charge < -0.3 is 15.4 Å². The van der Waals surface area contributed by atoms with Crippen LogP contribution in [-0.2, 0) is 10.2 Å². The highest BCUT2D eigenvalue weighted by atomic mass is 16.5. The number of aromatic amines is 1. The lowest BCUT2D eigenvalue weighted by Crippen LogP contribution is -2.44. The molecule has 2 fully saturated rings. The Morgan fingerprint density at radius 1 is 1.29 bits per heavy atom. The molecule has 0 spiro atoms. The number of anilines is 1. The summed E-state index contributed by atoms with van der Waals surface area (Å²) in [6, 6.07) is 9.05. The van der Waals surface area contributed by atoms with Crippen LogP contribution in [0.5, 0.6) is 0 Å². The number of pyridine rings is 2. The molecule has 3 aromatic rings. The number of nitriles is 1. The number of aromatic nitrogens is 4. The van der Waals surface area contributed by atoms with E-state index in [0.717, 1.165) is 65.9 Å². The van der Waals surface area contributed by atoms with E-state index in [9.17, 15) is 5.26 Å². The van der Waals surface area contributed by atoms with Crippen molar-refractivity contribution >= 4 is 16.7 Å². The molecule has 160 valence electrons. The van der Waals surface area contributed by atoms with E-state index >= 15 is 0 Å². The minimum Gasteiger partial charge on any atom is -0.377 e. The van der Waals surface area contributed by atoms with Crippen molar-refractivity contribution < 1.29 is 4.74 Å². The van der Waals surface area contributed by atoms with Crippen molar-refractivity contribution in [3.05, 3.63) is 36.2 Å². The number of hydrogen-bond donors (Lipinski definition) is 2. The lowest BCUT2D eigenvalue weighted by atomic mass is 9.68. The summed E-state index contributed by atoms with van der Waals surface area (Å²) in [4.78, 5) is 12.0. The summed E-state index contributed by atoms with van der Waals surface area (Å²) in [6.45, 7) is 4.23. The Labute approximate surface area is 181 Å². The van der Waals surface area contributed by atoms with Crippen molar-refractivity contribution in [3.63, 3.8) is 0 Å². The average Bonchev–Trinajstić information content (AvgIpc) is 3.34. The smallest absolute Gasteiger partial charge is 0.130 e. The van der Waals surface area contributed by atoms with E-state index in [2.05, 4.69) is 39.1 Å². The van der Waals surface area contributed by atoms with E-state index in [1.165, 1.54) is 0 Å². The number of H-pyrrole nitrogens is 1. The number of morpholine rings is 1. The summed E-state index contributed by atoms with van der Waals surface area (Å²) in [6.07, 6.45) is 6.70. The SMILES string of the molecule is C[C@@H]1COCCN1c1cc(C2(C#N)CCC(N)CC2)c2ccnc(-c3ccn[nH]3)c2n1. The third kappa shape index (κ3) is 3.44. The Morgan fingerprint density at radius 2 is 2.13 bits per heavy atom. The first-order valence-corrected chi connectivity index (χ1v) is 10.9. The van der Waals surface area contributed by atoms with Gasteiger partial charge in [0.15, 0.2) is 0 Å².